The first-order valence-electron chi connectivity index (χ1n) is 21.7. The summed E-state index contributed by atoms with van der Waals surface area (Å²) in [5.41, 5.74) is 4.88. The zero-order chi connectivity index (χ0) is 35.6. The lowest BCUT2D eigenvalue weighted by Crippen LogP contribution is -2.19. The zero-order valence-electron chi connectivity index (χ0n) is 32.8. The molecule has 0 spiro atoms. The Bertz CT molecular complexity index is 1110. The van der Waals surface area contributed by atoms with Crippen molar-refractivity contribution in [3.8, 4) is 0 Å². The van der Waals surface area contributed by atoms with Crippen molar-refractivity contribution in [3.63, 3.8) is 0 Å². The lowest BCUT2D eigenvalue weighted by molar-refractivity contribution is -0.0419. The van der Waals surface area contributed by atoms with E-state index >= 15 is 0 Å². The molecule has 0 aromatic heterocycles. The highest BCUT2D eigenvalue weighted by molar-refractivity contribution is 5.51. The van der Waals surface area contributed by atoms with Crippen LogP contribution in [-0.4, -0.2) is 25.4 Å². The first-order chi connectivity index (χ1) is 25.3. The molecule has 2 heterocycles. The fourth-order valence-corrected chi connectivity index (χ4v) is 7.35. The van der Waals surface area contributed by atoms with Crippen molar-refractivity contribution in [1.29, 1.82) is 0 Å². The molecule has 0 amide bonds. The van der Waals surface area contributed by atoms with E-state index in [4.69, 9.17) is 14.2 Å². The van der Waals surface area contributed by atoms with Gasteiger partial charge in [-0.2, -0.15) is 0 Å². The second kappa shape index (κ2) is 26.5. The van der Waals surface area contributed by atoms with Gasteiger partial charge in [-0.15, -0.1) is 0 Å². The van der Waals surface area contributed by atoms with Gasteiger partial charge in [-0.3, -0.25) is 0 Å². The van der Waals surface area contributed by atoms with Gasteiger partial charge in [0.2, 0.25) is 0 Å². The molecule has 4 rings (SSSR count). The number of hydrogen-bond donors (Lipinski definition) is 0. The van der Waals surface area contributed by atoms with Crippen LogP contribution in [0, 0.1) is 0 Å². The summed E-state index contributed by atoms with van der Waals surface area (Å²) in [5.74, 6) is 0. The van der Waals surface area contributed by atoms with Crippen LogP contribution in [0.1, 0.15) is 202 Å². The quantitative estimate of drug-likeness (QED) is 0.0563. The summed E-state index contributed by atoms with van der Waals surface area (Å²) in [6.07, 6.45) is 42.2. The van der Waals surface area contributed by atoms with Crippen molar-refractivity contribution in [3.05, 3.63) is 82.9 Å². The minimum atomic E-state index is -0.0977. The normalized spacial score (nSPS) is 18.2. The molecule has 2 aromatic carbocycles. The van der Waals surface area contributed by atoms with E-state index in [0.29, 0.717) is 0 Å². The SMILES string of the molecule is CCCCCCCCCCCCCC=Cc1cccc(C(OC(c2cccc(C=CCCCCCCCCCCCCC)c2)C2CO2)C2CO2)c1. The van der Waals surface area contributed by atoms with Crippen LogP contribution in [0.2, 0.25) is 0 Å². The van der Waals surface area contributed by atoms with Crippen molar-refractivity contribution < 1.29 is 14.2 Å². The second-order valence-electron chi connectivity index (χ2n) is 15.5. The van der Waals surface area contributed by atoms with Crippen LogP contribution >= 0.6 is 0 Å². The van der Waals surface area contributed by atoms with E-state index in [0.717, 1.165) is 26.1 Å². The third kappa shape index (κ3) is 18.4. The van der Waals surface area contributed by atoms with Crippen LogP contribution < -0.4 is 0 Å². The van der Waals surface area contributed by atoms with E-state index in [-0.39, 0.29) is 24.4 Å². The van der Waals surface area contributed by atoms with Crippen molar-refractivity contribution in [2.24, 2.45) is 0 Å². The van der Waals surface area contributed by atoms with E-state index in [1.165, 1.54) is 164 Å². The van der Waals surface area contributed by atoms with E-state index in [9.17, 15) is 0 Å². The first kappa shape index (κ1) is 41.6. The Labute approximate surface area is 314 Å². The number of benzene rings is 2. The van der Waals surface area contributed by atoms with Gasteiger partial charge in [0.1, 0.15) is 24.4 Å². The van der Waals surface area contributed by atoms with Crippen LogP contribution in [-0.2, 0) is 14.2 Å². The van der Waals surface area contributed by atoms with Gasteiger partial charge in [-0.25, -0.2) is 0 Å². The molecule has 0 N–H and O–H groups in total. The Balaban J connectivity index is 1.17. The van der Waals surface area contributed by atoms with Crippen LogP contribution in [0.25, 0.3) is 12.2 Å². The summed E-state index contributed by atoms with van der Waals surface area (Å²) in [6.45, 7) is 6.09. The van der Waals surface area contributed by atoms with Gasteiger partial charge in [0, 0.05) is 0 Å². The number of ether oxygens (including phenoxy) is 3. The molecule has 4 unspecified atom stereocenters. The summed E-state index contributed by atoms with van der Waals surface area (Å²) in [5, 5.41) is 0. The molecule has 2 saturated heterocycles. The smallest absolute Gasteiger partial charge is 0.112 e. The number of unbranched alkanes of at least 4 members (excludes halogenated alkanes) is 22. The van der Waals surface area contributed by atoms with Crippen molar-refractivity contribution in [2.75, 3.05) is 13.2 Å². The summed E-state index contributed by atoms with van der Waals surface area (Å²) in [4.78, 5) is 0. The van der Waals surface area contributed by atoms with E-state index in [1.54, 1.807) is 0 Å². The summed E-state index contributed by atoms with van der Waals surface area (Å²) < 4.78 is 18.6. The Morgan fingerprint density at radius 1 is 0.510 bits per heavy atom. The average Bonchev–Trinajstić information content (AvgIpc) is 4.09. The fourth-order valence-electron chi connectivity index (χ4n) is 7.35. The van der Waals surface area contributed by atoms with Gasteiger partial charge in [0.05, 0.1) is 13.2 Å². The predicted octanol–water partition coefficient (Wildman–Crippen LogP) is 14.7. The molecule has 0 radical (unpaired) electrons. The molecule has 2 fully saturated rings. The molecule has 3 heteroatoms. The van der Waals surface area contributed by atoms with Crippen molar-refractivity contribution >= 4 is 12.2 Å². The Morgan fingerprint density at radius 2 is 0.843 bits per heavy atom. The van der Waals surface area contributed by atoms with E-state index in [2.05, 4.69) is 86.7 Å². The molecule has 284 valence electrons. The second-order valence-corrected chi connectivity index (χ2v) is 15.5. The number of epoxide rings is 2. The summed E-state index contributed by atoms with van der Waals surface area (Å²) in [7, 11) is 0. The molecule has 51 heavy (non-hydrogen) atoms. The molecule has 2 aromatic rings. The van der Waals surface area contributed by atoms with Crippen LogP contribution in [0.3, 0.4) is 0 Å². The van der Waals surface area contributed by atoms with Gasteiger partial charge >= 0.3 is 0 Å². The Morgan fingerprint density at radius 3 is 1.18 bits per heavy atom. The minimum absolute atomic E-state index is 0.0977. The van der Waals surface area contributed by atoms with Gasteiger partial charge < -0.3 is 14.2 Å². The standard InChI is InChI=1S/C48H74O3/c1-3-5-7-9-11-13-15-17-19-21-23-25-27-31-41-33-29-35-43(37-41)47(45-39-49-45)51-48(46-40-50-46)44-36-30-34-42(38-44)32-28-26-24-22-20-18-16-14-12-10-8-6-4-2/h27-38,45-48H,3-26,39-40H2,1-2H3. The monoisotopic (exact) mass is 699 g/mol. The largest absolute Gasteiger partial charge is 0.370 e. The van der Waals surface area contributed by atoms with Gasteiger partial charge in [0.15, 0.2) is 0 Å². The predicted molar refractivity (Wildman–Crippen MR) is 219 cm³/mol. The lowest BCUT2D eigenvalue weighted by atomic mass is 10.00. The van der Waals surface area contributed by atoms with E-state index in [1.807, 2.05) is 0 Å². The van der Waals surface area contributed by atoms with Crippen LogP contribution in [0.5, 0.6) is 0 Å². The summed E-state index contributed by atoms with van der Waals surface area (Å²) >= 11 is 0. The molecular formula is C48H74O3. The van der Waals surface area contributed by atoms with E-state index < -0.39 is 0 Å². The lowest BCUT2D eigenvalue weighted by Gasteiger charge is -2.24. The highest BCUT2D eigenvalue weighted by Crippen LogP contribution is 2.40. The fraction of sp³-hybridized carbons (Fsp3) is 0.667. The summed E-state index contributed by atoms with van der Waals surface area (Å²) in [6, 6.07) is 17.7. The maximum absolute atomic E-state index is 6.93. The molecule has 0 bridgehead atoms. The zero-order valence-corrected chi connectivity index (χ0v) is 32.8. The molecule has 2 aliphatic heterocycles. The third-order valence-electron chi connectivity index (χ3n) is 10.7. The van der Waals surface area contributed by atoms with Gasteiger partial charge in [-0.05, 0) is 60.1 Å². The average molecular weight is 699 g/mol. The first-order valence-corrected chi connectivity index (χ1v) is 21.7. The number of allylic oxidation sites excluding steroid dienone is 2. The minimum Gasteiger partial charge on any atom is -0.370 e. The van der Waals surface area contributed by atoms with Crippen LogP contribution in [0.15, 0.2) is 60.7 Å². The third-order valence-corrected chi connectivity index (χ3v) is 10.7. The molecule has 4 atom stereocenters. The van der Waals surface area contributed by atoms with Crippen molar-refractivity contribution in [1.82, 2.24) is 0 Å². The highest BCUT2D eigenvalue weighted by Gasteiger charge is 2.42. The molecule has 2 aliphatic rings. The maximum atomic E-state index is 6.93. The Hall–Kier alpha value is -2.20. The molecule has 0 aliphatic carbocycles. The van der Waals surface area contributed by atoms with Crippen molar-refractivity contribution in [2.45, 2.75) is 192 Å². The topological polar surface area (TPSA) is 34.3 Å². The van der Waals surface area contributed by atoms with Gasteiger partial charge in [-0.1, -0.05) is 203 Å². The number of hydrogen-bond acceptors (Lipinski definition) is 3. The van der Waals surface area contributed by atoms with Crippen LogP contribution in [0.4, 0.5) is 0 Å². The highest BCUT2D eigenvalue weighted by atomic mass is 16.6. The molecule has 0 saturated carbocycles. The molecular weight excluding hydrogens is 625 g/mol. The van der Waals surface area contributed by atoms with Gasteiger partial charge in [0.25, 0.3) is 0 Å². The number of rotatable bonds is 32. The molecule has 3 nitrogen and oxygen atoms in total. The Kier molecular flexibility index (Phi) is 21.6. The maximum Gasteiger partial charge on any atom is 0.112 e.